The van der Waals surface area contributed by atoms with Gasteiger partial charge >= 0.3 is 6.03 Å². The molecule has 3 rings (SSSR count). The summed E-state index contributed by atoms with van der Waals surface area (Å²) in [4.78, 5) is 15.7. The number of carbonyl (C=O) groups is 1. The summed E-state index contributed by atoms with van der Waals surface area (Å²) in [7, 11) is 1.89. The molecular weight excluding hydrogens is 306 g/mol. The van der Waals surface area contributed by atoms with Crippen LogP contribution < -0.4 is 10.6 Å². The molecule has 0 aliphatic carbocycles. The van der Waals surface area contributed by atoms with Gasteiger partial charge in [-0.25, -0.2) is 14.5 Å². The first kappa shape index (κ1) is 15.7. The minimum absolute atomic E-state index is 0.183. The Labute approximate surface area is 139 Å². The molecule has 124 valence electrons. The lowest BCUT2D eigenvalue weighted by Gasteiger charge is -2.08. The summed E-state index contributed by atoms with van der Waals surface area (Å²) >= 11 is 0. The van der Waals surface area contributed by atoms with E-state index in [2.05, 4.69) is 25.8 Å². The topological polar surface area (TPSA) is 89.7 Å². The highest BCUT2D eigenvalue weighted by Crippen LogP contribution is 2.07. The summed E-state index contributed by atoms with van der Waals surface area (Å²) in [5.74, 6) is 0. The Morgan fingerprint density at radius 3 is 2.62 bits per heavy atom. The van der Waals surface area contributed by atoms with Crippen LogP contribution in [0.5, 0.6) is 0 Å². The van der Waals surface area contributed by atoms with Crippen molar-refractivity contribution >= 4 is 6.03 Å². The van der Waals surface area contributed by atoms with E-state index in [0.29, 0.717) is 13.1 Å². The number of carbonyl (C=O) groups excluding carboxylic acids is 1. The maximum atomic E-state index is 11.8. The van der Waals surface area contributed by atoms with E-state index in [9.17, 15) is 4.79 Å². The van der Waals surface area contributed by atoms with Gasteiger partial charge in [-0.2, -0.15) is 10.2 Å². The molecule has 0 spiro atoms. The van der Waals surface area contributed by atoms with Crippen LogP contribution in [0.25, 0.3) is 5.69 Å². The highest BCUT2D eigenvalue weighted by atomic mass is 16.2. The molecule has 0 saturated heterocycles. The molecular formula is C16H19N7O. The number of hydrogen-bond donors (Lipinski definition) is 2. The Balaban J connectivity index is 1.42. The average molecular weight is 325 g/mol. The third kappa shape index (κ3) is 3.97. The van der Waals surface area contributed by atoms with Gasteiger partial charge in [-0.15, -0.1) is 0 Å². The van der Waals surface area contributed by atoms with Crippen LogP contribution in [-0.4, -0.2) is 37.1 Å². The number of amides is 2. The Morgan fingerprint density at radius 1 is 1.12 bits per heavy atom. The van der Waals surface area contributed by atoms with Gasteiger partial charge in [-0.1, -0.05) is 12.1 Å². The summed E-state index contributed by atoms with van der Waals surface area (Å²) in [6.45, 7) is 1.03. The molecule has 8 heteroatoms. The van der Waals surface area contributed by atoms with E-state index in [4.69, 9.17) is 0 Å². The predicted molar refractivity (Wildman–Crippen MR) is 88.5 cm³/mol. The SMILES string of the molecule is Cn1nccc1CCNC(=O)NCc1ccc(-n2cncn2)cc1. The van der Waals surface area contributed by atoms with E-state index >= 15 is 0 Å². The largest absolute Gasteiger partial charge is 0.338 e. The van der Waals surface area contributed by atoms with Gasteiger partial charge in [0.1, 0.15) is 12.7 Å². The van der Waals surface area contributed by atoms with E-state index in [-0.39, 0.29) is 6.03 Å². The molecule has 2 amide bonds. The predicted octanol–water partition coefficient (Wildman–Crippen LogP) is 1.04. The smallest absolute Gasteiger partial charge is 0.315 e. The number of aryl methyl sites for hydroxylation is 1. The second kappa shape index (κ2) is 7.40. The Bertz CT molecular complexity index is 777. The van der Waals surface area contributed by atoms with Crippen LogP contribution in [0.3, 0.4) is 0 Å². The monoisotopic (exact) mass is 325 g/mol. The van der Waals surface area contributed by atoms with Gasteiger partial charge < -0.3 is 10.6 Å². The maximum Gasteiger partial charge on any atom is 0.315 e. The summed E-state index contributed by atoms with van der Waals surface area (Å²) in [5, 5.41) is 13.8. The number of nitrogens with zero attached hydrogens (tertiary/aromatic N) is 5. The molecule has 8 nitrogen and oxygen atoms in total. The lowest BCUT2D eigenvalue weighted by Crippen LogP contribution is -2.36. The Kier molecular flexibility index (Phi) is 4.85. The highest BCUT2D eigenvalue weighted by molar-refractivity contribution is 5.73. The van der Waals surface area contributed by atoms with Gasteiger partial charge in [0, 0.05) is 38.4 Å². The van der Waals surface area contributed by atoms with E-state index in [1.807, 2.05) is 37.4 Å². The summed E-state index contributed by atoms with van der Waals surface area (Å²) in [6.07, 6.45) is 5.63. The summed E-state index contributed by atoms with van der Waals surface area (Å²) in [5.41, 5.74) is 3.02. The number of urea groups is 1. The quantitative estimate of drug-likeness (QED) is 0.709. The van der Waals surface area contributed by atoms with Crippen molar-refractivity contribution in [1.82, 2.24) is 35.2 Å². The molecule has 0 bridgehead atoms. The van der Waals surface area contributed by atoms with E-state index in [0.717, 1.165) is 23.4 Å². The second-order valence-corrected chi connectivity index (χ2v) is 5.31. The molecule has 0 atom stereocenters. The van der Waals surface area contributed by atoms with E-state index in [1.165, 1.54) is 6.33 Å². The molecule has 2 heterocycles. The number of benzene rings is 1. The summed E-state index contributed by atoms with van der Waals surface area (Å²) in [6, 6.07) is 9.53. The fourth-order valence-corrected chi connectivity index (χ4v) is 2.30. The lowest BCUT2D eigenvalue weighted by atomic mass is 10.2. The zero-order chi connectivity index (χ0) is 16.8. The highest BCUT2D eigenvalue weighted by Gasteiger charge is 2.03. The van der Waals surface area contributed by atoms with Gasteiger partial charge in [-0.05, 0) is 23.8 Å². The van der Waals surface area contributed by atoms with Crippen LogP contribution in [0.15, 0.2) is 49.2 Å². The van der Waals surface area contributed by atoms with E-state index < -0.39 is 0 Å². The molecule has 0 aliphatic rings. The zero-order valence-electron chi connectivity index (χ0n) is 13.4. The van der Waals surface area contributed by atoms with Crippen LogP contribution in [0.2, 0.25) is 0 Å². The van der Waals surface area contributed by atoms with Crippen molar-refractivity contribution in [3.05, 3.63) is 60.4 Å². The van der Waals surface area contributed by atoms with Crippen LogP contribution >= 0.6 is 0 Å². The molecule has 2 N–H and O–H groups in total. The van der Waals surface area contributed by atoms with Gasteiger partial charge in [0.05, 0.1) is 5.69 Å². The van der Waals surface area contributed by atoms with E-state index in [1.54, 1.807) is 21.9 Å². The molecule has 0 aliphatic heterocycles. The van der Waals surface area contributed by atoms with Crippen molar-refractivity contribution in [3.8, 4) is 5.69 Å². The molecule has 1 aromatic carbocycles. The normalized spacial score (nSPS) is 10.5. The van der Waals surface area contributed by atoms with Gasteiger partial charge in [0.25, 0.3) is 0 Å². The van der Waals surface area contributed by atoms with Gasteiger partial charge in [0.2, 0.25) is 0 Å². The van der Waals surface area contributed by atoms with Crippen molar-refractivity contribution in [2.45, 2.75) is 13.0 Å². The van der Waals surface area contributed by atoms with Crippen LogP contribution in [-0.2, 0) is 20.0 Å². The fourth-order valence-electron chi connectivity index (χ4n) is 2.30. The van der Waals surface area contributed by atoms with Crippen LogP contribution in [0.1, 0.15) is 11.3 Å². The number of nitrogens with one attached hydrogen (secondary N) is 2. The van der Waals surface area contributed by atoms with Crippen LogP contribution in [0.4, 0.5) is 4.79 Å². The Morgan fingerprint density at radius 2 is 1.96 bits per heavy atom. The third-order valence-corrected chi connectivity index (χ3v) is 3.66. The third-order valence-electron chi connectivity index (χ3n) is 3.66. The lowest BCUT2D eigenvalue weighted by molar-refractivity contribution is 0.240. The summed E-state index contributed by atoms with van der Waals surface area (Å²) < 4.78 is 3.48. The van der Waals surface area contributed by atoms with Crippen LogP contribution in [0, 0.1) is 0 Å². The molecule has 0 fully saturated rings. The molecule has 0 radical (unpaired) electrons. The van der Waals surface area contributed by atoms with Gasteiger partial charge in [0.15, 0.2) is 0 Å². The number of rotatable bonds is 6. The fraction of sp³-hybridized carbons (Fsp3) is 0.250. The number of aromatic nitrogens is 5. The number of hydrogen-bond acceptors (Lipinski definition) is 4. The first-order chi connectivity index (χ1) is 11.7. The first-order valence-electron chi connectivity index (χ1n) is 7.65. The molecule has 24 heavy (non-hydrogen) atoms. The van der Waals surface area contributed by atoms with Crippen molar-refractivity contribution < 1.29 is 4.79 Å². The molecule has 3 aromatic rings. The maximum absolute atomic E-state index is 11.8. The van der Waals surface area contributed by atoms with Crippen molar-refractivity contribution in [3.63, 3.8) is 0 Å². The minimum atomic E-state index is -0.183. The Hall–Kier alpha value is -3.16. The second-order valence-electron chi connectivity index (χ2n) is 5.31. The van der Waals surface area contributed by atoms with Crippen molar-refractivity contribution in [2.24, 2.45) is 7.05 Å². The van der Waals surface area contributed by atoms with Crippen molar-refractivity contribution in [2.75, 3.05) is 6.54 Å². The molecule has 2 aromatic heterocycles. The minimum Gasteiger partial charge on any atom is -0.338 e. The average Bonchev–Trinajstić information content (AvgIpc) is 3.26. The van der Waals surface area contributed by atoms with Crippen molar-refractivity contribution in [1.29, 1.82) is 0 Å². The molecule has 0 unspecified atom stereocenters. The molecule has 0 saturated carbocycles. The zero-order valence-corrected chi connectivity index (χ0v) is 13.4. The van der Waals surface area contributed by atoms with Gasteiger partial charge in [-0.3, -0.25) is 4.68 Å². The standard InChI is InChI=1S/C16H19N7O/c1-22-14(7-9-20-22)6-8-18-16(24)19-10-13-2-4-15(5-3-13)23-12-17-11-21-23/h2-5,7,9,11-12H,6,8,10H2,1H3,(H2,18,19,24). The first-order valence-corrected chi connectivity index (χ1v) is 7.65.